The van der Waals surface area contributed by atoms with E-state index in [1.807, 2.05) is 0 Å². The number of nitrogens with two attached hydrogens (primary N) is 1. The van der Waals surface area contributed by atoms with Crippen LogP contribution < -0.4 is 5.73 Å². The highest BCUT2D eigenvalue weighted by atomic mass is 16.5. The summed E-state index contributed by atoms with van der Waals surface area (Å²) >= 11 is 0. The first kappa shape index (κ1) is 13.0. The smallest absolute Gasteiger partial charge is 0.327 e. The SMILES string of the molecule is COC(=O)CCCOC(=O)Cn1ccc(N)n1. The number of methoxy groups -OCH3 is 1. The quantitative estimate of drug-likeness (QED) is 0.554. The van der Waals surface area contributed by atoms with E-state index in [1.54, 1.807) is 12.3 Å². The van der Waals surface area contributed by atoms with Gasteiger partial charge < -0.3 is 15.2 Å². The normalized spacial score (nSPS) is 9.94. The Labute approximate surface area is 98.5 Å². The Morgan fingerprint density at radius 1 is 1.47 bits per heavy atom. The van der Waals surface area contributed by atoms with E-state index in [4.69, 9.17) is 10.5 Å². The number of ether oxygens (including phenoxy) is 2. The molecule has 0 aromatic carbocycles. The van der Waals surface area contributed by atoms with E-state index in [1.165, 1.54) is 11.8 Å². The van der Waals surface area contributed by atoms with Crippen LogP contribution in [0.15, 0.2) is 12.3 Å². The molecule has 0 unspecified atom stereocenters. The van der Waals surface area contributed by atoms with Gasteiger partial charge in [0.15, 0.2) is 0 Å². The monoisotopic (exact) mass is 241 g/mol. The van der Waals surface area contributed by atoms with Gasteiger partial charge in [0.25, 0.3) is 0 Å². The lowest BCUT2D eigenvalue weighted by Crippen LogP contribution is -2.15. The van der Waals surface area contributed by atoms with Crippen molar-refractivity contribution in [1.82, 2.24) is 9.78 Å². The van der Waals surface area contributed by atoms with Crippen molar-refractivity contribution >= 4 is 17.8 Å². The molecular formula is C10H15N3O4. The Hall–Kier alpha value is -2.05. The first-order chi connectivity index (χ1) is 8.11. The molecule has 0 aliphatic heterocycles. The van der Waals surface area contributed by atoms with E-state index in [0.717, 1.165) is 0 Å². The van der Waals surface area contributed by atoms with E-state index in [2.05, 4.69) is 9.84 Å². The molecule has 1 aromatic heterocycles. The van der Waals surface area contributed by atoms with Crippen LogP contribution in [-0.4, -0.2) is 35.4 Å². The van der Waals surface area contributed by atoms with Crippen LogP contribution in [0, 0.1) is 0 Å². The van der Waals surface area contributed by atoms with Gasteiger partial charge in [0, 0.05) is 12.6 Å². The third kappa shape index (κ3) is 5.01. The average molecular weight is 241 g/mol. The highest BCUT2D eigenvalue weighted by Gasteiger charge is 2.06. The highest BCUT2D eigenvalue weighted by molar-refractivity contribution is 5.70. The maximum Gasteiger partial charge on any atom is 0.327 e. The Bertz CT molecular complexity index is 389. The zero-order valence-electron chi connectivity index (χ0n) is 9.59. The third-order valence-electron chi connectivity index (χ3n) is 1.97. The Balaban J connectivity index is 2.15. The molecule has 0 saturated carbocycles. The predicted molar refractivity (Wildman–Crippen MR) is 58.8 cm³/mol. The summed E-state index contributed by atoms with van der Waals surface area (Å²) in [7, 11) is 1.32. The number of nitrogens with zero attached hydrogens (tertiary/aromatic N) is 2. The number of nitrogen functional groups attached to an aromatic ring is 1. The van der Waals surface area contributed by atoms with Crippen molar-refractivity contribution in [3.05, 3.63) is 12.3 Å². The van der Waals surface area contributed by atoms with Gasteiger partial charge in [-0.05, 0) is 12.5 Å². The molecule has 0 fully saturated rings. The van der Waals surface area contributed by atoms with Crippen molar-refractivity contribution in [2.24, 2.45) is 0 Å². The zero-order chi connectivity index (χ0) is 12.7. The molecule has 0 bridgehead atoms. The number of anilines is 1. The largest absolute Gasteiger partial charge is 0.469 e. The summed E-state index contributed by atoms with van der Waals surface area (Å²) in [6, 6.07) is 1.59. The first-order valence-corrected chi connectivity index (χ1v) is 5.13. The Morgan fingerprint density at radius 2 is 2.24 bits per heavy atom. The standard InChI is InChI=1S/C10H15N3O4/c1-16-9(14)3-2-6-17-10(15)7-13-5-4-8(11)12-13/h4-5H,2-3,6-7H2,1H3,(H2,11,12). The van der Waals surface area contributed by atoms with Crippen LogP contribution in [0.5, 0.6) is 0 Å². The van der Waals surface area contributed by atoms with Gasteiger partial charge in [-0.2, -0.15) is 5.10 Å². The van der Waals surface area contributed by atoms with E-state index < -0.39 is 5.97 Å². The topological polar surface area (TPSA) is 96.4 Å². The summed E-state index contributed by atoms with van der Waals surface area (Å²) in [6.07, 6.45) is 2.27. The van der Waals surface area contributed by atoms with Crippen molar-refractivity contribution in [3.8, 4) is 0 Å². The van der Waals surface area contributed by atoms with Crippen LogP contribution in [0.4, 0.5) is 5.82 Å². The van der Waals surface area contributed by atoms with Crippen LogP contribution in [-0.2, 0) is 25.6 Å². The van der Waals surface area contributed by atoms with Crippen molar-refractivity contribution in [3.63, 3.8) is 0 Å². The molecule has 0 saturated heterocycles. The summed E-state index contributed by atoms with van der Waals surface area (Å²) in [5.74, 6) is -0.387. The van der Waals surface area contributed by atoms with E-state index in [9.17, 15) is 9.59 Å². The molecule has 0 amide bonds. The lowest BCUT2D eigenvalue weighted by atomic mass is 10.3. The molecule has 0 aliphatic rings. The van der Waals surface area contributed by atoms with Gasteiger partial charge in [-0.25, -0.2) is 0 Å². The van der Waals surface area contributed by atoms with Gasteiger partial charge in [0.2, 0.25) is 0 Å². The lowest BCUT2D eigenvalue weighted by Gasteiger charge is -2.04. The minimum atomic E-state index is -0.419. The average Bonchev–Trinajstić information content (AvgIpc) is 2.69. The van der Waals surface area contributed by atoms with Crippen LogP contribution >= 0.6 is 0 Å². The molecule has 7 nitrogen and oxygen atoms in total. The minimum absolute atomic E-state index is 0.00935. The molecule has 1 aromatic rings. The fourth-order valence-corrected chi connectivity index (χ4v) is 1.15. The molecule has 1 rings (SSSR count). The molecule has 1 heterocycles. The number of aromatic nitrogens is 2. The molecule has 0 spiro atoms. The summed E-state index contributed by atoms with van der Waals surface area (Å²) < 4.78 is 10.7. The van der Waals surface area contributed by atoms with Crippen molar-refractivity contribution in [2.45, 2.75) is 19.4 Å². The summed E-state index contributed by atoms with van der Waals surface area (Å²) in [5.41, 5.74) is 5.39. The van der Waals surface area contributed by atoms with Crippen LogP contribution in [0.2, 0.25) is 0 Å². The second-order valence-corrected chi connectivity index (χ2v) is 3.34. The second-order valence-electron chi connectivity index (χ2n) is 3.34. The number of esters is 2. The van der Waals surface area contributed by atoms with E-state index >= 15 is 0 Å². The predicted octanol–water partition coefficient (Wildman–Crippen LogP) is -0.0383. The fourth-order valence-electron chi connectivity index (χ4n) is 1.15. The van der Waals surface area contributed by atoms with Gasteiger partial charge in [-0.15, -0.1) is 0 Å². The maximum atomic E-state index is 11.3. The summed E-state index contributed by atoms with van der Waals surface area (Å²) in [6.45, 7) is 0.195. The van der Waals surface area contributed by atoms with Gasteiger partial charge in [0.05, 0.1) is 13.7 Å². The molecule has 0 radical (unpaired) electrons. The van der Waals surface area contributed by atoms with Gasteiger partial charge in [-0.1, -0.05) is 0 Å². The van der Waals surface area contributed by atoms with Crippen LogP contribution in [0.1, 0.15) is 12.8 Å². The van der Waals surface area contributed by atoms with Gasteiger partial charge >= 0.3 is 11.9 Å². The number of rotatable bonds is 6. The minimum Gasteiger partial charge on any atom is -0.469 e. The Kier molecular flexibility index (Phi) is 4.99. The van der Waals surface area contributed by atoms with Crippen molar-refractivity contribution < 1.29 is 19.1 Å². The second kappa shape index (κ2) is 6.51. The number of hydrogen-bond acceptors (Lipinski definition) is 6. The van der Waals surface area contributed by atoms with Gasteiger partial charge in [0.1, 0.15) is 12.4 Å². The number of carbonyl (C=O) groups is 2. The maximum absolute atomic E-state index is 11.3. The number of carbonyl (C=O) groups excluding carboxylic acids is 2. The summed E-state index contributed by atoms with van der Waals surface area (Å²) in [5, 5.41) is 3.84. The van der Waals surface area contributed by atoms with Crippen LogP contribution in [0.25, 0.3) is 0 Å². The lowest BCUT2D eigenvalue weighted by molar-refractivity contribution is -0.147. The highest BCUT2D eigenvalue weighted by Crippen LogP contribution is 1.97. The summed E-state index contributed by atoms with van der Waals surface area (Å²) in [4.78, 5) is 22.1. The molecule has 7 heteroatoms. The molecule has 0 aliphatic carbocycles. The molecule has 2 N–H and O–H groups in total. The Morgan fingerprint density at radius 3 is 2.82 bits per heavy atom. The van der Waals surface area contributed by atoms with Crippen molar-refractivity contribution in [1.29, 1.82) is 0 Å². The van der Waals surface area contributed by atoms with Crippen LogP contribution in [0.3, 0.4) is 0 Å². The molecule has 17 heavy (non-hydrogen) atoms. The van der Waals surface area contributed by atoms with E-state index in [0.29, 0.717) is 12.2 Å². The molecule has 94 valence electrons. The van der Waals surface area contributed by atoms with E-state index in [-0.39, 0.29) is 25.5 Å². The zero-order valence-corrected chi connectivity index (χ0v) is 9.59. The third-order valence-corrected chi connectivity index (χ3v) is 1.97. The molecule has 0 atom stereocenters. The first-order valence-electron chi connectivity index (χ1n) is 5.13. The van der Waals surface area contributed by atoms with Gasteiger partial charge in [-0.3, -0.25) is 14.3 Å². The molecular weight excluding hydrogens is 226 g/mol. The fraction of sp³-hybridized carbons (Fsp3) is 0.500. The number of hydrogen-bond donors (Lipinski definition) is 1. The van der Waals surface area contributed by atoms with Crippen molar-refractivity contribution in [2.75, 3.05) is 19.5 Å².